The van der Waals surface area contributed by atoms with Gasteiger partial charge in [-0.25, -0.2) is 4.99 Å². The molecule has 1 N–H and O–H groups in total. The van der Waals surface area contributed by atoms with Crippen molar-refractivity contribution in [3.8, 4) is 0 Å². The zero-order valence-corrected chi connectivity index (χ0v) is 12.5. The smallest absolute Gasteiger partial charge is 0.110 e. The Bertz CT molecular complexity index is 571. The number of aliphatic imine (C=N–C) groups is 1. The zero-order chi connectivity index (χ0) is 12.7. The maximum Gasteiger partial charge on any atom is 0.110 e. The number of hydrogen-bond donors (Lipinski definition) is 1. The van der Waals surface area contributed by atoms with Crippen LogP contribution >= 0.6 is 15.9 Å². The Morgan fingerprint density at radius 3 is 2.06 bits per heavy atom. The van der Waals surface area contributed by atoms with E-state index >= 15 is 0 Å². The number of H-pyrrole nitrogens is 1. The first kappa shape index (κ1) is 12.4. The van der Waals surface area contributed by atoms with Gasteiger partial charge in [-0.3, -0.25) is 0 Å². The second-order valence-electron chi connectivity index (χ2n) is 4.60. The molecule has 3 heteroatoms. The normalized spacial score (nSPS) is 18.2. The third-order valence-corrected chi connectivity index (χ3v) is 4.38. The molecule has 0 bridgehead atoms. The van der Waals surface area contributed by atoms with Crippen LogP contribution in [-0.4, -0.2) is 9.60 Å². The first-order valence-electron chi connectivity index (χ1n) is 5.71. The highest BCUT2D eigenvalue weighted by Gasteiger charge is 2.16. The van der Waals surface area contributed by atoms with E-state index in [0.717, 1.165) is 16.0 Å². The molecule has 2 rings (SSSR count). The third kappa shape index (κ3) is 2.04. The Labute approximate surface area is 111 Å². The summed E-state index contributed by atoms with van der Waals surface area (Å²) in [6.45, 7) is 10.6. The van der Waals surface area contributed by atoms with Crippen LogP contribution in [-0.2, 0) is 0 Å². The number of aromatic amines is 1. The summed E-state index contributed by atoms with van der Waals surface area (Å²) < 4.78 is 0.943. The molecule has 0 amide bonds. The minimum absolute atomic E-state index is 0.943. The van der Waals surface area contributed by atoms with Gasteiger partial charge in [-0.2, -0.15) is 0 Å². The van der Waals surface area contributed by atoms with Crippen LogP contribution < -0.4 is 0 Å². The van der Waals surface area contributed by atoms with Gasteiger partial charge in [0.1, 0.15) is 4.62 Å². The van der Waals surface area contributed by atoms with Crippen molar-refractivity contribution in [1.82, 2.24) is 4.98 Å². The van der Waals surface area contributed by atoms with E-state index in [1.165, 1.54) is 28.0 Å². The van der Waals surface area contributed by atoms with Crippen LogP contribution in [0.1, 0.15) is 36.4 Å². The minimum Gasteiger partial charge on any atom is -0.359 e. The maximum atomic E-state index is 4.53. The summed E-state index contributed by atoms with van der Waals surface area (Å²) in [6.07, 6.45) is 2.13. The number of halogens is 1. The lowest BCUT2D eigenvalue weighted by molar-refractivity contribution is 1.21. The molecule has 0 aromatic carbocycles. The lowest BCUT2D eigenvalue weighted by Crippen LogP contribution is -1.83. The fourth-order valence-electron chi connectivity index (χ4n) is 1.91. The predicted octanol–water partition coefficient (Wildman–Crippen LogP) is 4.42. The van der Waals surface area contributed by atoms with Crippen molar-refractivity contribution in [3.05, 3.63) is 39.4 Å². The van der Waals surface area contributed by atoms with Crippen molar-refractivity contribution in [1.29, 1.82) is 0 Å². The van der Waals surface area contributed by atoms with Crippen LogP contribution in [0.3, 0.4) is 0 Å². The molecule has 2 nitrogen and oxygen atoms in total. The monoisotopic (exact) mass is 292 g/mol. The topological polar surface area (TPSA) is 28.1 Å². The molecule has 2 heterocycles. The van der Waals surface area contributed by atoms with E-state index in [-0.39, 0.29) is 0 Å². The molecule has 0 spiro atoms. The van der Waals surface area contributed by atoms with E-state index in [2.05, 4.69) is 66.6 Å². The molecule has 0 aliphatic carbocycles. The van der Waals surface area contributed by atoms with Crippen molar-refractivity contribution < 1.29 is 0 Å². The first-order chi connectivity index (χ1) is 7.91. The molecule has 0 radical (unpaired) electrons. The van der Waals surface area contributed by atoms with Crippen molar-refractivity contribution in [3.63, 3.8) is 0 Å². The van der Waals surface area contributed by atoms with Crippen LogP contribution in [0, 0.1) is 20.8 Å². The van der Waals surface area contributed by atoms with Crippen LogP contribution in [0.25, 0.3) is 6.08 Å². The van der Waals surface area contributed by atoms with Crippen molar-refractivity contribution in [2.75, 3.05) is 0 Å². The summed E-state index contributed by atoms with van der Waals surface area (Å²) in [5, 5.41) is 0. The van der Waals surface area contributed by atoms with Gasteiger partial charge in [0.05, 0.1) is 5.70 Å². The molecule has 0 saturated heterocycles. The summed E-state index contributed by atoms with van der Waals surface area (Å²) in [7, 11) is 0. The summed E-state index contributed by atoms with van der Waals surface area (Å²) in [5.41, 5.74) is 8.52. The van der Waals surface area contributed by atoms with Gasteiger partial charge in [0.25, 0.3) is 0 Å². The Hall–Kier alpha value is -1.09. The fraction of sp³-hybridized carbons (Fsp3) is 0.357. The molecule has 0 unspecified atom stereocenters. The van der Waals surface area contributed by atoms with Crippen LogP contribution in [0.15, 0.2) is 21.8 Å². The number of nitrogens with zero attached hydrogens (tertiary/aromatic N) is 1. The number of hydrogen-bond acceptors (Lipinski definition) is 1. The first-order valence-corrected chi connectivity index (χ1v) is 6.51. The molecule has 0 saturated carbocycles. The average molecular weight is 293 g/mol. The quantitative estimate of drug-likeness (QED) is 0.793. The second kappa shape index (κ2) is 4.30. The van der Waals surface area contributed by atoms with Crippen LogP contribution in [0.4, 0.5) is 0 Å². The summed E-state index contributed by atoms with van der Waals surface area (Å²) in [6, 6.07) is 0. The van der Waals surface area contributed by atoms with Crippen molar-refractivity contribution in [2.24, 2.45) is 4.99 Å². The van der Waals surface area contributed by atoms with Crippen molar-refractivity contribution in [2.45, 2.75) is 34.6 Å². The Morgan fingerprint density at radius 1 is 1.00 bits per heavy atom. The van der Waals surface area contributed by atoms with E-state index in [0.29, 0.717) is 0 Å². The highest BCUT2D eigenvalue weighted by atomic mass is 79.9. The van der Waals surface area contributed by atoms with Gasteiger partial charge in [0.2, 0.25) is 0 Å². The molecule has 17 heavy (non-hydrogen) atoms. The SMILES string of the molecule is CC1=C(C)/C(=C/c2[nH]c(C)c(C)c2C)N=C1Br. The average Bonchev–Trinajstić information content (AvgIpc) is 2.66. The van der Waals surface area contributed by atoms with Crippen LogP contribution in [0.5, 0.6) is 0 Å². The van der Waals surface area contributed by atoms with Crippen molar-refractivity contribution >= 4 is 26.6 Å². The van der Waals surface area contributed by atoms with Gasteiger partial charge in [-0.05, 0) is 78.9 Å². The molecule has 1 aromatic rings. The Balaban J connectivity index is 2.49. The standard InChI is InChI=1S/C14H17BrN2/c1-7-8(2)12(16-11(7)5)6-13-9(3)10(4)14(15)17-13/h6,16H,1-5H3/b13-6-. The highest BCUT2D eigenvalue weighted by molar-refractivity contribution is 9.18. The van der Waals surface area contributed by atoms with Gasteiger partial charge in [-0.15, -0.1) is 0 Å². The van der Waals surface area contributed by atoms with E-state index in [9.17, 15) is 0 Å². The molecule has 90 valence electrons. The molecule has 1 aromatic heterocycles. The number of nitrogens with one attached hydrogen (secondary N) is 1. The summed E-state index contributed by atoms with van der Waals surface area (Å²) in [4.78, 5) is 7.93. The Morgan fingerprint density at radius 2 is 1.65 bits per heavy atom. The number of aryl methyl sites for hydroxylation is 1. The molecule has 0 fully saturated rings. The third-order valence-electron chi connectivity index (χ3n) is 3.61. The molecule has 0 atom stereocenters. The number of allylic oxidation sites excluding steroid dienone is 2. The van der Waals surface area contributed by atoms with Gasteiger partial charge in [0.15, 0.2) is 0 Å². The highest BCUT2D eigenvalue weighted by Crippen LogP contribution is 2.29. The van der Waals surface area contributed by atoms with E-state index in [1.807, 2.05) is 0 Å². The minimum atomic E-state index is 0.943. The number of aromatic nitrogens is 1. The molecule has 1 aliphatic rings. The lowest BCUT2D eigenvalue weighted by Gasteiger charge is -1.98. The van der Waals surface area contributed by atoms with Gasteiger partial charge in [-0.1, -0.05) is 0 Å². The molecule has 1 aliphatic heterocycles. The Kier molecular flexibility index (Phi) is 3.13. The van der Waals surface area contributed by atoms with E-state index in [1.54, 1.807) is 0 Å². The predicted molar refractivity (Wildman–Crippen MR) is 77.7 cm³/mol. The largest absolute Gasteiger partial charge is 0.359 e. The molecular weight excluding hydrogens is 276 g/mol. The van der Waals surface area contributed by atoms with E-state index < -0.39 is 0 Å². The van der Waals surface area contributed by atoms with E-state index in [4.69, 9.17) is 0 Å². The number of rotatable bonds is 1. The van der Waals surface area contributed by atoms with Gasteiger partial charge in [0, 0.05) is 11.4 Å². The van der Waals surface area contributed by atoms with Crippen LogP contribution in [0.2, 0.25) is 0 Å². The summed E-state index contributed by atoms with van der Waals surface area (Å²) >= 11 is 3.48. The maximum absolute atomic E-state index is 4.53. The van der Waals surface area contributed by atoms with Gasteiger partial charge >= 0.3 is 0 Å². The van der Waals surface area contributed by atoms with Gasteiger partial charge < -0.3 is 4.98 Å². The zero-order valence-electron chi connectivity index (χ0n) is 10.9. The molecular formula is C14H17BrN2. The lowest BCUT2D eigenvalue weighted by atomic mass is 10.1. The summed E-state index contributed by atoms with van der Waals surface area (Å²) in [5.74, 6) is 0. The fourth-order valence-corrected chi connectivity index (χ4v) is 2.40. The second-order valence-corrected chi connectivity index (χ2v) is 5.35.